The van der Waals surface area contributed by atoms with E-state index in [1.54, 1.807) is 0 Å². The van der Waals surface area contributed by atoms with Crippen LogP contribution in [-0.2, 0) is 0 Å². The van der Waals surface area contributed by atoms with Crippen molar-refractivity contribution in [2.45, 2.75) is 6.04 Å². The molecule has 2 aromatic carbocycles. The van der Waals surface area contributed by atoms with Gasteiger partial charge in [0.1, 0.15) is 5.84 Å². The number of hydrogen-bond donors (Lipinski definition) is 2. The van der Waals surface area contributed by atoms with Crippen molar-refractivity contribution in [3.8, 4) is 0 Å². The van der Waals surface area contributed by atoms with Gasteiger partial charge in [-0.1, -0.05) is 41.6 Å². The summed E-state index contributed by atoms with van der Waals surface area (Å²) in [5.41, 5.74) is 8.21. The number of nitrogens with zero attached hydrogens (tertiary/aromatic N) is 4. The maximum absolute atomic E-state index is 8.63. The molecule has 2 saturated carbocycles. The largest absolute Gasteiger partial charge is 0.409 e. The molecule has 2 aliphatic carbocycles. The number of piperidine rings is 2. The molecular weight excluding hydrogens is 374 g/mol. The average molecular weight is 402 g/mol. The van der Waals surface area contributed by atoms with E-state index in [1.165, 1.54) is 11.4 Å². The molecule has 3 N–H and O–H groups in total. The van der Waals surface area contributed by atoms with Crippen LogP contribution >= 0.6 is 0 Å². The van der Waals surface area contributed by atoms with Crippen molar-refractivity contribution < 1.29 is 5.21 Å². The highest BCUT2D eigenvalue weighted by Gasteiger charge is 2.62. The lowest BCUT2D eigenvalue weighted by Gasteiger charge is -2.21. The lowest BCUT2D eigenvalue weighted by Crippen LogP contribution is -2.28. The third-order valence-electron chi connectivity index (χ3n) is 7.19. The van der Waals surface area contributed by atoms with Gasteiger partial charge in [-0.15, -0.1) is 0 Å². The van der Waals surface area contributed by atoms with Gasteiger partial charge >= 0.3 is 0 Å². The van der Waals surface area contributed by atoms with Gasteiger partial charge < -0.3 is 25.6 Å². The lowest BCUT2D eigenvalue weighted by atomic mass is 10.2. The van der Waals surface area contributed by atoms with E-state index >= 15 is 0 Å². The Morgan fingerprint density at radius 1 is 0.833 bits per heavy atom. The van der Waals surface area contributed by atoms with Crippen LogP contribution in [-0.4, -0.2) is 43.3 Å². The smallest absolute Gasteiger partial charge is 0.233 e. The van der Waals surface area contributed by atoms with E-state index in [-0.39, 0.29) is 0 Å². The summed E-state index contributed by atoms with van der Waals surface area (Å²) in [5.74, 6) is 3.19. The van der Waals surface area contributed by atoms with Crippen LogP contribution < -0.4 is 15.5 Å². The summed E-state index contributed by atoms with van der Waals surface area (Å²) >= 11 is 0. The van der Waals surface area contributed by atoms with Crippen molar-refractivity contribution in [2.75, 3.05) is 36.0 Å². The predicted molar refractivity (Wildman–Crippen MR) is 119 cm³/mol. The van der Waals surface area contributed by atoms with Crippen molar-refractivity contribution in [3.63, 3.8) is 0 Å². The van der Waals surface area contributed by atoms with E-state index < -0.39 is 0 Å². The molecule has 4 fully saturated rings. The molecule has 2 unspecified atom stereocenters. The van der Waals surface area contributed by atoms with E-state index in [2.05, 4.69) is 68.3 Å². The molecule has 30 heavy (non-hydrogen) atoms. The summed E-state index contributed by atoms with van der Waals surface area (Å²) in [5, 5.41) is 11.7. The van der Waals surface area contributed by atoms with Gasteiger partial charge in [0, 0.05) is 43.5 Å². The topological polar surface area (TPSA) is 69.5 Å². The minimum Gasteiger partial charge on any atom is -0.409 e. The second kappa shape index (κ2) is 7.56. The number of fused-ring (bicyclic) bond motifs is 2. The Hall–Kier alpha value is -3.20. The molecule has 6 nitrogen and oxygen atoms in total. The minimum absolute atomic E-state index is 0.310. The molecule has 0 amide bonds. The number of benzene rings is 2. The fourth-order valence-electron chi connectivity index (χ4n) is 5.42. The molecule has 4 aliphatic rings. The standard InChI is InChI=1S/C12H15N3O.C12H12N2/c13-12(14-16)11-9-6-15(7-10(9)11)8-4-2-1-3-5-8;1-13-12-10-7-14(8-11(10)12)9-5-3-2-4-6-9/h1-5,9-11,16H,6-7H2,(H2,13,14);2-6,10-12H,7-8H2/t9-,10+,11?;10-,11+,12?. The van der Waals surface area contributed by atoms with E-state index in [0.717, 1.165) is 26.2 Å². The van der Waals surface area contributed by atoms with Crippen LogP contribution in [0.2, 0.25) is 0 Å². The van der Waals surface area contributed by atoms with Gasteiger partial charge in [0.25, 0.3) is 0 Å². The van der Waals surface area contributed by atoms with Crippen molar-refractivity contribution in [3.05, 3.63) is 72.1 Å². The normalized spacial score (nSPS) is 33.1. The third-order valence-corrected chi connectivity index (χ3v) is 7.19. The van der Waals surface area contributed by atoms with Gasteiger partial charge in [0.15, 0.2) is 0 Å². The van der Waals surface area contributed by atoms with E-state index in [0.29, 0.717) is 41.5 Å². The second-order valence-corrected chi connectivity index (χ2v) is 8.81. The highest BCUT2D eigenvalue weighted by atomic mass is 16.4. The van der Waals surface area contributed by atoms with Crippen LogP contribution in [0.15, 0.2) is 65.8 Å². The molecule has 0 spiro atoms. The molecular formula is C24H27N5O. The Kier molecular flexibility index (Phi) is 4.74. The summed E-state index contributed by atoms with van der Waals surface area (Å²) in [6, 6.07) is 21.2. The van der Waals surface area contributed by atoms with Crippen LogP contribution in [0.25, 0.3) is 4.85 Å². The van der Waals surface area contributed by atoms with E-state index in [1.807, 2.05) is 12.1 Å². The molecule has 6 heteroatoms. The first-order chi connectivity index (χ1) is 14.7. The maximum atomic E-state index is 8.63. The highest BCUT2D eigenvalue weighted by Crippen LogP contribution is 2.52. The molecule has 2 aliphatic heterocycles. The number of hydrogen-bond acceptors (Lipinski definition) is 4. The first-order valence-corrected chi connectivity index (χ1v) is 10.6. The quantitative estimate of drug-likeness (QED) is 0.273. The van der Waals surface area contributed by atoms with Crippen molar-refractivity contribution >= 4 is 17.2 Å². The fraction of sp³-hybridized carbons (Fsp3) is 0.417. The maximum Gasteiger partial charge on any atom is 0.233 e. The summed E-state index contributed by atoms with van der Waals surface area (Å²) in [4.78, 5) is 8.41. The first kappa shape index (κ1) is 18.8. The number of rotatable bonds is 3. The van der Waals surface area contributed by atoms with Gasteiger partial charge in [-0.2, -0.15) is 0 Å². The summed E-state index contributed by atoms with van der Waals surface area (Å²) in [6.45, 7) is 11.2. The summed E-state index contributed by atoms with van der Waals surface area (Å²) in [6.07, 6.45) is 0. The Balaban J connectivity index is 0.000000130. The molecule has 2 saturated heterocycles. The predicted octanol–water partition coefficient (Wildman–Crippen LogP) is 3.16. The van der Waals surface area contributed by atoms with Gasteiger partial charge in [-0.05, 0) is 36.1 Å². The zero-order chi connectivity index (χ0) is 20.7. The molecule has 2 heterocycles. The Bertz CT molecular complexity index is 933. The summed E-state index contributed by atoms with van der Waals surface area (Å²) in [7, 11) is 0. The van der Waals surface area contributed by atoms with Crippen LogP contribution in [0.3, 0.4) is 0 Å². The third kappa shape index (κ3) is 3.35. The number of anilines is 2. The molecule has 6 rings (SSSR count). The van der Waals surface area contributed by atoms with Crippen LogP contribution in [0.5, 0.6) is 0 Å². The number of para-hydroxylation sites is 2. The number of nitrogens with two attached hydrogens (primary N) is 1. The van der Waals surface area contributed by atoms with Gasteiger partial charge in [-0.3, -0.25) is 0 Å². The van der Waals surface area contributed by atoms with E-state index in [9.17, 15) is 0 Å². The van der Waals surface area contributed by atoms with Crippen molar-refractivity contribution in [1.82, 2.24) is 0 Å². The molecule has 0 radical (unpaired) electrons. The number of amidine groups is 1. The summed E-state index contributed by atoms with van der Waals surface area (Å²) < 4.78 is 0. The highest BCUT2D eigenvalue weighted by molar-refractivity contribution is 5.86. The van der Waals surface area contributed by atoms with Gasteiger partial charge in [-0.25, -0.2) is 6.57 Å². The molecule has 0 aromatic heterocycles. The SMILES string of the molecule is N/C(=N\O)C1[C@H]2CN(c3ccccc3)C[C@@H]12.[C-]#[N+]C1[C@H]2CN(c3ccccc3)C[C@@H]12. The Labute approximate surface area is 177 Å². The van der Waals surface area contributed by atoms with Gasteiger partial charge in [0.2, 0.25) is 6.04 Å². The first-order valence-electron chi connectivity index (χ1n) is 10.6. The van der Waals surface area contributed by atoms with Crippen LogP contribution in [0.4, 0.5) is 11.4 Å². The molecule has 6 atom stereocenters. The van der Waals surface area contributed by atoms with E-state index in [4.69, 9.17) is 17.5 Å². The average Bonchev–Trinajstić information content (AvgIpc) is 3.51. The number of oxime groups is 1. The lowest BCUT2D eigenvalue weighted by molar-refractivity contribution is 0.315. The molecule has 2 aromatic rings. The van der Waals surface area contributed by atoms with Crippen LogP contribution in [0.1, 0.15) is 0 Å². The van der Waals surface area contributed by atoms with Crippen molar-refractivity contribution in [2.24, 2.45) is 40.5 Å². The van der Waals surface area contributed by atoms with Crippen LogP contribution in [0, 0.1) is 36.2 Å². The fourth-order valence-corrected chi connectivity index (χ4v) is 5.42. The minimum atomic E-state index is 0.310. The zero-order valence-electron chi connectivity index (χ0n) is 16.9. The molecule has 154 valence electrons. The monoisotopic (exact) mass is 401 g/mol. The Morgan fingerprint density at radius 2 is 1.27 bits per heavy atom. The van der Waals surface area contributed by atoms with Crippen molar-refractivity contribution in [1.29, 1.82) is 0 Å². The Morgan fingerprint density at radius 3 is 1.67 bits per heavy atom. The molecule has 0 bridgehead atoms. The van der Waals surface area contributed by atoms with Gasteiger partial charge in [0.05, 0.1) is 11.8 Å². The zero-order valence-corrected chi connectivity index (χ0v) is 16.9. The second-order valence-electron chi connectivity index (χ2n) is 8.81.